The van der Waals surface area contributed by atoms with Crippen LogP contribution < -0.4 is 5.32 Å². The predicted molar refractivity (Wildman–Crippen MR) is 115 cm³/mol. The molecule has 0 unspecified atom stereocenters. The molecule has 0 radical (unpaired) electrons. The maximum Gasteiger partial charge on any atom is 0.230 e. The largest absolute Gasteiger partial charge is 0.353 e. The van der Waals surface area contributed by atoms with E-state index in [1.54, 1.807) is 0 Å². The van der Waals surface area contributed by atoms with Crippen LogP contribution in [0.3, 0.4) is 0 Å². The number of nitrogens with one attached hydrogen (secondary N) is 1. The molecule has 0 aliphatic heterocycles. The van der Waals surface area contributed by atoms with Crippen LogP contribution in [0.1, 0.15) is 25.7 Å². The van der Waals surface area contributed by atoms with Crippen LogP contribution in [0.15, 0.2) is 59.8 Å². The van der Waals surface area contributed by atoms with E-state index >= 15 is 0 Å². The van der Waals surface area contributed by atoms with Crippen LogP contribution in [0.2, 0.25) is 0 Å². The Bertz CT molecular complexity index is 1170. The molecule has 0 saturated heterocycles. The minimum atomic E-state index is 0.0497. The first-order valence-corrected chi connectivity index (χ1v) is 10.9. The van der Waals surface area contributed by atoms with Crippen LogP contribution >= 0.6 is 11.8 Å². The first-order valence-electron chi connectivity index (χ1n) is 9.91. The standard InChI is InChI=1S/C22H21N5OS/c28-19(23-16-10-4-5-11-16)14-29-22-26-25-21-17-12-6-7-13-18(17)24-20(27(21)22)15-8-2-1-3-9-15/h1-3,6-9,12-13,16H,4-5,10-11,14H2,(H,23,28). The molecule has 1 aliphatic rings. The van der Waals surface area contributed by atoms with Crippen molar-refractivity contribution in [3.63, 3.8) is 0 Å². The molecule has 0 bridgehead atoms. The Hall–Kier alpha value is -2.93. The molecule has 2 aromatic heterocycles. The fraction of sp³-hybridized carbons (Fsp3) is 0.273. The zero-order valence-corrected chi connectivity index (χ0v) is 16.7. The van der Waals surface area contributed by atoms with Crippen LogP contribution in [0.5, 0.6) is 0 Å². The molecule has 4 aromatic rings. The number of hydrogen-bond acceptors (Lipinski definition) is 5. The third-order valence-corrected chi connectivity index (χ3v) is 6.23. The fourth-order valence-corrected chi connectivity index (χ4v) is 4.65. The lowest BCUT2D eigenvalue weighted by atomic mass is 10.2. The van der Waals surface area contributed by atoms with E-state index in [9.17, 15) is 4.79 Å². The topological polar surface area (TPSA) is 72.2 Å². The van der Waals surface area contributed by atoms with Gasteiger partial charge in [0.15, 0.2) is 10.8 Å². The predicted octanol–water partition coefficient (Wildman–Crippen LogP) is 4.10. The number of fused-ring (bicyclic) bond motifs is 3. The Morgan fingerprint density at radius 2 is 1.79 bits per heavy atom. The minimum Gasteiger partial charge on any atom is -0.353 e. The second kappa shape index (κ2) is 7.83. The Morgan fingerprint density at radius 3 is 2.62 bits per heavy atom. The molecule has 2 aromatic carbocycles. The van der Waals surface area contributed by atoms with Gasteiger partial charge in [-0.1, -0.05) is 67.1 Å². The van der Waals surface area contributed by atoms with Crippen molar-refractivity contribution in [2.45, 2.75) is 36.9 Å². The highest BCUT2D eigenvalue weighted by Crippen LogP contribution is 2.29. The summed E-state index contributed by atoms with van der Waals surface area (Å²) >= 11 is 1.40. The van der Waals surface area contributed by atoms with Crippen molar-refractivity contribution in [3.05, 3.63) is 54.6 Å². The molecule has 1 saturated carbocycles. The molecule has 1 fully saturated rings. The lowest BCUT2D eigenvalue weighted by molar-refractivity contribution is -0.119. The number of nitrogens with zero attached hydrogens (tertiary/aromatic N) is 4. The van der Waals surface area contributed by atoms with E-state index in [0.717, 1.165) is 40.8 Å². The Kier molecular flexibility index (Phi) is 4.89. The van der Waals surface area contributed by atoms with Gasteiger partial charge < -0.3 is 5.32 Å². The van der Waals surface area contributed by atoms with Gasteiger partial charge in [0.05, 0.1) is 11.3 Å². The number of hydrogen-bond donors (Lipinski definition) is 1. The highest BCUT2D eigenvalue weighted by molar-refractivity contribution is 7.99. The maximum atomic E-state index is 12.4. The normalized spacial score (nSPS) is 14.6. The van der Waals surface area contributed by atoms with Crippen molar-refractivity contribution in [2.24, 2.45) is 0 Å². The van der Waals surface area contributed by atoms with E-state index in [1.165, 1.54) is 24.6 Å². The first-order chi connectivity index (χ1) is 14.3. The smallest absolute Gasteiger partial charge is 0.230 e. The monoisotopic (exact) mass is 403 g/mol. The third-order valence-electron chi connectivity index (χ3n) is 5.30. The minimum absolute atomic E-state index is 0.0497. The maximum absolute atomic E-state index is 12.4. The van der Waals surface area contributed by atoms with Gasteiger partial charge in [0, 0.05) is 17.0 Å². The van der Waals surface area contributed by atoms with Crippen LogP contribution in [-0.4, -0.2) is 37.3 Å². The number of aromatic nitrogens is 4. The SMILES string of the molecule is O=C(CSc1nnc2c3ccccc3nc(-c3ccccc3)n12)NC1CCCC1. The lowest BCUT2D eigenvalue weighted by Gasteiger charge is -2.12. The second-order valence-electron chi connectivity index (χ2n) is 7.30. The van der Waals surface area contributed by atoms with Crippen LogP contribution in [0, 0.1) is 0 Å². The molecule has 5 rings (SSSR count). The lowest BCUT2D eigenvalue weighted by Crippen LogP contribution is -2.33. The number of benzene rings is 2. The summed E-state index contributed by atoms with van der Waals surface area (Å²) in [6, 6.07) is 18.3. The number of rotatable bonds is 5. The van der Waals surface area contributed by atoms with Gasteiger partial charge in [-0.05, 0) is 25.0 Å². The summed E-state index contributed by atoms with van der Waals surface area (Å²) in [5.74, 6) is 1.15. The number of amides is 1. The summed E-state index contributed by atoms with van der Waals surface area (Å²) < 4.78 is 1.96. The van der Waals surface area contributed by atoms with Crippen molar-refractivity contribution in [1.29, 1.82) is 0 Å². The Labute approximate surface area is 172 Å². The van der Waals surface area contributed by atoms with Gasteiger partial charge in [-0.3, -0.25) is 9.20 Å². The van der Waals surface area contributed by atoms with Gasteiger partial charge >= 0.3 is 0 Å². The summed E-state index contributed by atoms with van der Waals surface area (Å²) in [5.41, 5.74) is 2.62. The summed E-state index contributed by atoms with van der Waals surface area (Å²) in [7, 11) is 0. The molecule has 2 heterocycles. The van der Waals surface area contributed by atoms with E-state index in [4.69, 9.17) is 4.98 Å². The first kappa shape index (κ1) is 18.1. The van der Waals surface area contributed by atoms with Crippen LogP contribution in [-0.2, 0) is 4.79 Å². The second-order valence-corrected chi connectivity index (χ2v) is 8.24. The summed E-state index contributed by atoms with van der Waals surface area (Å²) in [6.07, 6.45) is 4.56. The van der Waals surface area contributed by atoms with Crippen molar-refractivity contribution in [2.75, 3.05) is 5.75 Å². The van der Waals surface area contributed by atoms with Gasteiger partial charge in [0.25, 0.3) is 0 Å². The molecular weight excluding hydrogens is 382 g/mol. The molecule has 1 amide bonds. The van der Waals surface area contributed by atoms with Gasteiger partial charge in [-0.2, -0.15) is 0 Å². The van der Waals surface area contributed by atoms with Gasteiger partial charge in [0.1, 0.15) is 5.82 Å². The zero-order valence-electron chi connectivity index (χ0n) is 15.9. The molecule has 0 atom stereocenters. The quantitative estimate of drug-likeness (QED) is 0.508. The van der Waals surface area contributed by atoms with Gasteiger partial charge in [-0.15, -0.1) is 10.2 Å². The molecule has 7 heteroatoms. The van der Waals surface area contributed by atoms with Crippen molar-refractivity contribution >= 4 is 34.2 Å². The van der Waals surface area contributed by atoms with Crippen molar-refractivity contribution < 1.29 is 4.79 Å². The molecule has 1 aliphatic carbocycles. The number of para-hydroxylation sites is 1. The highest BCUT2D eigenvalue weighted by atomic mass is 32.2. The molecule has 29 heavy (non-hydrogen) atoms. The zero-order chi connectivity index (χ0) is 19.6. The molecular formula is C22H21N5OS. The van der Waals surface area contributed by atoms with Crippen molar-refractivity contribution in [3.8, 4) is 11.4 Å². The summed E-state index contributed by atoms with van der Waals surface area (Å²) in [6.45, 7) is 0. The number of thioether (sulfide) groups is 1. The average Bonchev–Trinajstić information content (AvgIpc) is 3.42. The van der Waals surface area contributed by atoms with Gasteiger partial charge in [0.2, 0.25) is 5.91 Å². The molecule has 1 N–H and O–H groups in total. The van der Waals surface area contributed by atoms with E-state index in [-0.39, 0.29) is 5.91 Å². The van der Waals surface area contributed by atoms with E-state index in [2.05, 4.69) is 15.5 Å². The Morgan fingerprint density at radius 1 is 1.03 bits per heavy atom. The average molecular weight is 404 g/mol. The molecule has 0 spiro atoms. The van der Waals surface area contributed by atoms with Crippen LogP contribution in [0.4, 0.5) is 0 Å². The van der Waals surface area contributed by atoms with Gasteiger partial charge in [-0.25, -0.2) is 4.98 Å². The molecule has 6 nitrogen and oxygen atoms in total. The number of carbonyl (C=O) groups excluding carboxylic acids is 1. The van der Waals surface area contributed by atoms with Crippen molar-refractivity contribution in [1.82, 2.24) is 24.9 Å². The van der Waals surface area contributed by atoms with E-state index in [1.807, 2.05) is 59.0 Å². The number of carbonyl (C=O) groups is 1. The Balaban J connectivity index is 1.52. The molecule has 146 valence electrons. The summed E-state index contributed by atoms with van der Waals surface area (Å²) in [5, 5.41) is 13.6. The highest BCUT2D eigenvalue weighted by Gasteiger charge is 2.20. The third kappa shape index (κ3) is 3.58. The van der Waals surface area contributed by atoms with E-state index < -0.39 is 0 Å². The summed E-state index contributed by atoms with van der Waals surface area (Å²) in [4.78, 5) is 17.3. The fourth-order valence-electron chi connectivity index (χ4n) is 3.90. The van der Waals surface area contributed by atoms with E-state index in [0.29, 0.717) is 17.0 Å². The van der Waals surface area contributed by atoms with Crippen LogP contribution in [0.25, 0.3) is 27.9 Å².